The van der Waals surface area contributed by atoms with Gasteiger partial charge in [0.05, 0.1) is 11.6 Å². The molecule has 0 bridgehead atoms. The lowest BCUT2D eigenvalue weighted by Gasteiger charge is -2.25. The van der Waals surface area contributed by atoms with E-state index in [0.29, 0.717) is 12.1 Å². The molecule has 1 aliphatic rings. The summed E-state index contributed by atoms with van der Waals surface area (Å²) in [5.41, 5.74) is 1.32. The third-order valence-electron chi connectivity index (χ3n) is 3.89. The fourth-order valence-corrected chi connectivity index (χ4v) is 2.68. The molecule has 130 valence electrons. The molecule has 2 aromatic rings. The van der Waals surface area contributed by atoms with Crippen molar-refractivity contribution in [1.82, 2.24) is 4.98 Å². The average Bonchev–Trinajstić information content (AvgIpc) is 2.63. The van der Waals surface area contributed by atoms with Gasteiger partial charge in [0.2, 0.25) is 0 Å². The highest BCUT2D eigenvalue weighted by Crippen LogP contribution is 2.27. The number of hydrogen-bond acceptors (Lipinski definition) is 5. The predicted octanol–water partition coefficient (Wildman–Crippen LogP) is 2.86. The average molecular weight is 361 g/mol. The Hall–Kier alpha value is -2.60. The zero-order chi connectivity index (χ0) is 17.8. The van der Waals surface area contributed by atoms with Crippen LogP contribution in [0.25, 0.3) is 0 Å². The molecule has 2 heterocycles. The van der Waals surface area contributed by atoms with Crippen LogP contribution in [0.5, 0.6) is 5.75 Å². The number of benzene rings is 1. The molecule has 0 spiro atoms. The van der Waals surface area contributed by atoms with Gasteiger partial charge in [-0.2, -0.15) is 0 Å². The number of ether oxygens (including phenoxy) is 2. The number of anilines is 1. The van der Waals surface area contributed by atoms with Crippen LogP contribution in [0.2, 0.25) is 5.15 Å². The third-order valence-corrected chi connectivity index (χ3v) is 4.19. The molecule has 1 N–H and O–H groups in total. The van der Waals surface area contributed by atoms with Crippen LogP contribution in [-0.4, -0.2) is 29.6 Å². The van der Waals surface area contributed by atoms with Crippen molar-refractivity contribution in [3.8, 4) is 5.75 Å². The second-order valence-electron chi connectivity index (χ2n) is 5.73. The summed E-state index contributed by atoms with van der Waals surface area (Å²) < 4.78 is 10.9. The minimum Gasteiger partial charge on any atom is -0.492 e. The van der Waals surface area contributed by atoms with Gasteiger partial charge in [0, 0.05) is 6.20 Å². The number of fused-ring (bicyclic) bond motifs is 1. The van der Waals surface area contributed by atoms with Gasteiger partial charge < -0.3 is 14.8 Å². The molecule has 0 saturated heterocycles. The summed E-state index contributed by atoms with van der Waals surface area (Å²) in [6.45, 7) is 1.74. The van der Waals surface area contributed by atoms with Crippen LogP contribution >= 0.6 is 11.6 Å². The van der Waals surface area contributed by atoms with Gasteiger partial charge in [-0.05, 0) is 37.1 Å². The molecule has 0 radical (unpaired) electrons. The molecule has 2 atom stereocenters. The minimum atomic E-state index is -0.957. The second kappa shape index (κ2) is 7.53. The van der Waals surface area contributed by atoms with Crippen molar-refractivity contribution in [3.05, 3.63) is 53.3 Å². The number of carbonyl (C=O) groups excluding carboxylic acids is 2. The Bertz CT molecular complexity index is 796. The molecule has 3 rings (SSSR count). The smallest absolute Gasteiger partial charge is 0.313 e. The second-order valence-corrected chi connectivity index (χ2v) is 6.09. The lowest BCUT2D eigenvalue weighted by Crippen LogP contribution is -2.36. The number of nitrogens with zero attached hydrogens (tertiary/aromatic N) is 1. The Balaban J connectivity index is 1.57. The Labute approximate surface area is 150 Å². The summed E-state index contributed by atoms with van der Waals surface area (Å²) in [7, 11) is 0. The van der Waals surface area contributed by atoms with E-state index in [-0.39, 0.29) is 11.8 Å². The summed E-state index contributed by atoms with van der Waals surface area (Å²) >= 11 is 5.90. The van der Waals surface area contributed by atoms with Crippen molar-refractivity contribution >= 4 is 29.2 Å². The van der Waals surface area contributed by atoms with Crippen LogP contribution in [0.3, 0.4) is 0 Å². The lowest BCUT2D eigenvalue weighted by atomic mass is 9.97. The number of nitrogens with one attached hydrogen (secondary N) is 1. The molecule has 0 saturated carbocycles. The van der Waals surface area contributed by atoms with Gasteiger partial charge in [-0.3, -0.25) is 9.59 Å². The van der Waals surface area contributed by atoms with E-state index < -0.39 is 23.9 Å². The quantitative estimate of drug-likeness (QED) is 0.670. The number of halogens is 1. The number of rotatable bonds is 4. The van der Waals surface area contributed by atoms with Gasteiger partial charge in [-0.25, -0.2) is 4.98 Å². The van der Waals surface area contributed by atoms with Crippen LogP contribution < -0.4 is 10.1 Å². The Kier molecular flexibility index (Phi) is 5.19. The van der Waals surface area contributed by atoms with E-state index >= 15 is 0 Å². The number of carbonyl (C=O) groups is 2. The maximum Gasteiger partial charge on any atom is 0.313 e. The number of para-hydroxylation sites is 1. The molecule has 0 fully saturated rings. The number of hydrogen-bond donors (Lipinski definition) is 1. The van der Waals surface area contributed by atoms with Crippen molar-refractivity contribution in [2.24, 2.45) is 5.92 Å². The molecule has 1 aromatic heterocycles. The highest BCUT2D eigenvalue weighted by atomic mass is 35.5. The maximum absolute atomic E-state index is 12.3. The lowest BCUT2D eigenvalue weighted by molar-refractivity contribution is -0.158. The monoisotopic (exact) mass is 360 g/mol. The summed E-state index contributed by atoms with van der Waals surface area (Å²) in [5, 5.41) is 2.76. The van der Waals surface area contributed by atoms with Crippen LogP contribution in [0.4, 0.5) is 5.69 Å². The normalized spacial score (nSPS) is 17.0. The zero-order valence-corrected chi connectivity index (χ0v) is 14.3. The molecule has 1 amide bonds. The zero-order valence-electron chi connectivity index (χ0n) is 13.6. The largest absolute Gasteiger partial charge is 0.492 e. The first kappa shape index (κ1) is 17.2. The first-order valence-corrected chi connectivity index (χ1v) is 8.25. The number of amides is 1. The molecule has 0 aliphatic carbocycles. The van der Waals surface area contributed by atoms with E-state index in [1.807, 2.05) is 24.3 Å². The molecule has 1 aromatic carbocycles. The highest BCUT2D eigenvalue weighted by Gasteiger charge is 2.29. The number of aromatic nitrogens is 1. The van der Waals surface area contributed by atoms with E-state index in [0.717, 1.165) is 11.3 Å². The highest BCUT2D eigenvalue weighted by molar-refractivity contribution is 6.32. The molecular formula is C18H17ClN2O4. The topological polar surface area (TPSA) is 77.5 Å². The van der Waals surface area contributed by atoms with Crippen molar-refractivity contribution in [2.45, 2.75) is 19.4 Å². The SMILES string of the molecule is CC(OC(=O)C1COc2ccccc2C1)C(=O)Nc1cccnc1Cl. The predicted molar refractivity (Wildman–Crippen MR) is 92.6 cm³/mol. The van der Waals surface area contributed by atoms with Crippen LogP contribution in [0.1, 0.15) is 12.5 Å². The summed E-state index contributed by atoms with van der Waals surface area (Å²) in [6, 6.07) is 10.8. The number of pyridine rings is 1. The standard InChI is InChI=1S/C18H17ClN2O4/c1-11(17(22)21-14-6-4-8-20-16(14)19)25-18(23)13-9-12-5-2-3-7-15(12)24-10-13/h2-8,11,13H,9-10H2,1H3,(H,21,22). The Morgan fingerprint density at radius 2 is 2.12 bits per heavy atom. The minimum absolute atomic E-state index is 0.173. The first-order valence-electron chi connectivity index (χ1n) is 7.87. The molecule has 6 nitrogen and oxygen atoms in total. The first-order chi connectivity index (χ1) is 12.0. The van der Waals surface area contributed by atoms with Crippen molar-refractivity contribution in [1.29, 1.82) is 0 Å². The van der Waals surface area contributed by atoms with E-state index in [2.05, 4.69) is 10.3 Å². The summed E-state index contributed by atoms with van der Waals surface area (Å²) in [6.07, 6.45) is 1.08. The van der Waals surface area contributed by atoms with Gasteiger partial charge in [0.25, 0.3) is 5.91 Å². The van der Waals surface area contributed by atoms with Gasteiger partial charge in [0.15, 0.2) is 11.3 Å². The van der Waals surface area contributed by atoms with E-state index in [1.54, 1.807) is 12.1 Å². The van der Waals surface area contributed by atoms with E-state index in [4.69, 9.17) is 21.1 Å². The van der Waals surface area contributed by atoms with Crippen LogP contribution in [-0.2, 0) is 20.7 Å². The van der Waals surface area contributed by atoms with Gasteiger partial charge in [-0.1, -0.05) is 29.8 Å². The number of esters is 1. The Morgan fingerprint density at radius 3 is 2.92 bits per heavy atom. The van der Waals surface area contributed by atoms with Gasteiger partial charge in [-0.15, -0.1) is 0 Å². The Morgan fingerprint density at radius 1 is 1.32 bits per heavy atom. The summed E-state index contributed by atoms with van der Waals surface area (Å²) in [5.74, 6) is -0.592. The third kappa shape index (κ3) is 4.09. The van der Waals surface area contributed by atoms with E-state index in [1.165, 1.54) is 13.1 Å². The van der Waals surface area contributed by atoms with Gasteiger partial charge in [0.1, 0.15) is 12.4 Å². The molecule has 2 unspecified atom stereocenters. The van der Waals surface area contributed by atoms with Crippen molar-refractivity contribution < 1.29 is 19.1 Å². The van der Waals surface area contributed by atoms with E-state index in [9.17, 15) is 9.59 Å². The molecule has 25 heavy (non-hydrogen) atoms. The molecule has 1 aliphatic heterocycles. The maximum atomic E-state index is 12.3. The van der Waals surface area contributed by atoms with Crippen LogP contribution in [0.15, 0.2) is 42.6 Å². The molecule has 7 heteroatoms. The fourth-order valence-electron chi connectivity index (χ4n) is 2.52. The fraction of sp³-hybridized carbons (Fsp3) is 0.278. The summed E-state index contributed by atoms with van der Waals surface area (Å²) in [4.78, 5) is 28.4. The van der Waals surface area contributed by atoms with Gasteiger partial charge >= 0.3 is 5.97 Å². The van der Waals surface area contributed by atoms with Crippen LogP contribution in [0, 0.1) is 5.92 Å². The molecular weight excluding hydrogens is 344 g/mol. The van der Waals surface area contributed by atoms with Crippen molar-refractivity contribution in [3.63, 3.8) is 0 Å². The van der Waals surface area contributed by atoms with Crippen molar-refractivity contribution in [2.75, 3.05) is 11.9 Å².